The van der Waals surface area contributed by atoms with Crippen molar-refractivity contribution < 1.29 is 18.1 Å². The molecule has 0 saturated carbocycles. The zero-order chi connectivity index (χ0) is 22.5. The fraction of sp³-hybridized carbons (Fsp3) is 0.381. The Labute approximate surface area is 177 Å². The summed E-state index contributed by atoms with van der Waals surface area (Å²) in [6.45, 7) is 5.54. The Kier molecular flexibility index (Phi) is 7.55. The highest BCUT2D eigenvalue weighted by molar-refractivity contribution is 7.92. The molecule has 0 fully saturated rings. The van der Waals surface area contributed by atoms with Crippen LogP contribution in [-0.4, -0.2) is 31.5 Å². The highest BCUT2D eigenvalue weighted by Crippen LogP contribution is 2.26. The molecule has 1 amide bonds. The maximum Gasteiger partial charge on any atom is 0.271 e. The van der Waals surface area contributed by atoms with Gasteiger partial charge in [0.15, 0.2) is 0 Å². The summed E-state index contributed by atoms with van der Waals surface area (Å²) < 4.78 is 25.8. The third kappa shape index (κ3) is 6.03. The van der Waals surface area contributed by atoms with E-state index in [2.05, 4.69) is 5.32 Å². The van der Waals surface area contributed by atoms with Crippen molar-refractivity contribution in [1.29, 1.82) is 0 Å². The van der Waals surface area contributed by atoms with Crippen molar-refractivity contribution in [2.24, 2.45) is 5.92 Å². The smallest absolute Gasteiger partial charge is 0.271 e. The van der Waals surface area contributed by atoms with E-state index in [9.17, 15) is 23.3 Å². The molecule has 9 heteroatoms. The number of benzene rings is 2. The van der Waals surface area contributed by atoms with E-state index >= 15 is 0 Å². The molecule has 2 atom stereocenters. The minimum Gasteiger partial charge on any atom is -0.347 e. The first-order valence-corrected chi connectivity index (χ1v) is 11.4. The Bertz CT molecular complexity index is 993. The van der Waals surface area contributed by atoms with Gasteiger partial charge in [0.05, 0.1) is 22.9 Å². The largest absolute Gasteiger partial charge is 0.347 e. The van der Waals surface area contributed by atoms with Gasteiger partial charge in [0.2, 0.25) is 15.9 Å². The van der Waals surface area contributed by atoms with Gasteiger partial charge in [0.25, 0.3) is 5.69 Å². The number of anilines is 1. The number of hydrogen-bond donors (Lipinski definition) is 1. The van der Waals surface area contributed by atoms with Gasteiger partial charge in [-0.25, -0.2) is 8.42 Å². The van der Waals surface area contributed by atoms with Gasteiger partial charge in [-0.1, -0.05) is 50.2 Å². The summed E-state index contributed by atoms with van der Waals surface area (Å²) in [5, 5.41) is 14.0. The minimum absolute atomic E-state index is 0.0643. The van der Waals surface area contributed by atoms with Gasteiger partial charge in [-0.05, 0) is 30.9 Å². The lowest BCUT2D eigenvalue weighted by Crippen LogP contribution is -2.48. The fourth-order valence-electron chi connectivity index (χ4n) is 3.28. The van der Waals surface area contributed by atoms with Gasteiger partial charge in [-0.2, -0.15) is 0 Å². The summed E-state index contributed by atoms with van der Waals surface area (Å²) in [5.41, 5.74) is 0.734. The second kappa shape index (κ2) is 9.71. The molecule has 8 nitrogen and oxygen atoms in total. The van der Waals surface area contributed by atoms with Crippen LogP contribution < -0.4 is 9.62 Å². The number of carbonyl (C=O) groups excluding carboxylic acids is 1. The van der Waals surface area contributed by atoms with E-state index < -0.39 is 26.9 Å². The summed E-state index contributed by atoms with van der Waals surface area (Å²) >= 11 is 0. The van der Waals surface area contributed by atoms with E-state index in [0.29, 0.717) is 12.3 Å². The van der Waals surface area contributed by atoms with Crippen LogP contribution in [-0.2, 0) is 14.8 Å². The molecule has 0 saturated heterocycles. The molecule has 2 aromatic carbocycles. The van der Waals surface area contributed by atoms with Crippen molar-refractivity contribution in [2.75, 3.05) is 10.6 Å². The number of nitro benzene ring substituents is 1. The lowest BCUT2D eigenvalue weighted by Gasteiger charge is -2.30. The molecule has 0 unspecified atom stereocenters. The van der Waals surface area contributed by atoms with Gasteiger partial charge in [-0.15, -0.1) is 0 Å². The van der Waals surface area contributed by atoms with Crippen molar-refractivity contribution in [3.05, 3.63) is 70.3 Å². The predicted octanol–water partition coefficient (Wildman–Crippen LogP) is 3.65. The molecule has 0 aliphatic carbocycles. The number of non-ortho nitro benzene ring substituents is 1. The highest BCUT2D eigenvalue weighted by atomic mass is 32.2. The monoisotopic (exact) mass is 433 g/mol. The van der Waals surface area contributed by atoms with Crippen LogP contribution in [0.1, 0.15) is 38.8 Å². The zero-order valence-electron chi connectivity index (χ0n) is 17.5. The van der Waals surface area contributed by atoms with Crippen LogP contribution in [0.5, 0.6) is 0 Å². The van der Waals surface area contributed by atoms with Crippen molar-refractivity contribution in [2.45, 2.75) is 39.3 Å². The number of hydrogen-bond acceptors (Lipinski definition) is 5. The maximum atomic E-state index is 13.0. The molecule has 2 rings (SSSR count). The molecule has 1 N–H and O–H groups in total. The maximum absolute atomic E-state index is 13.0. The second-order valence-corrected chi connectivity index (χ2v) is 9.47. The lowest BCUT2D eigenvalue weighted by molar-refractivity contribution is -0.384. The van der Waals surface area contributed by atoms with Gasteiger partial charge in [-0.3, -0.25) is 19.2 Å². The van der Waals surface area contributed by atoms with E-state index in [4.69, 9.17) is 0 Å². The fourth-order valence-corrected chi connectivity index (χ4v) is 4.45. The first-order chi connectivity index (χ1) is 14.0. The van der Waals surface area contributed by atoms with E-state index in [0.717, 1.165) is 22.2 Å². The normalized spacial score (nSPS) is 13.5. The third-order valence-corrected chi connectivity index (χ3v) is 5.85. The van der Waals surface area contributed by atoms with Crippen LogP contribution in [0.3, 0.4) is 0 Å². The first-order valence-electron chi connectivity index (χ1n) is 9.60. The Morgan fingerprint density at radius 2 is 1.73 bits per heavy atom. The topological polar surface area (TPSA) is 110 Å². The number of carbonyl (C=O) groups is 1. The van der Waals surface area contributed by atoms with Gasteiger partial charge in [0, 0.05) is 12.1 Å². The van der Waals surface area contributed by atoms with E-state index in [-0.39, 0.29) is 17.4 Å². The summed E-state index contributed by atoms with van der Waals surface area (Å²) in [7, 11) is -3.88. The molecule has 0 aliphatic rings. The van der Waals surface area contributed by atoms with E-state index in [1.54, 1.807) is 0 Å². The number of nitrogens with one attached hydrogen (secondary N) is 1. The SMILES string of the molecule is CC(C)C[C@H](NC(=O)[C@H](C)N(c1cccc([N+](=O)[O-])c1)S(C)(=O)=O)c1ccccc1. The molecule has 0 spiro atoms. The highest BCUT2D eigenvalue weighted by Gasteiger charge is 2.31. The minimum atomic E-state index is -3.88. The Hall–Kier alpha value is -2.94. The van der Waals surface area contributed by atoms with Crippen LogP contribution in [0, 0.1) is 16.0 Å². The van der Waals surface area contributed by atoms with Crippen LogP contribution >= 0.6 is 0 Å². The van der Waals surface area contributed by atoms with Gasteiger partial charge in [0.1, 0.15) is 6.04 Å². The standard InChI is InChI=1S/C21H27N3O5S/c1-15(2)13-20(17-9-6-5-7-10-17)22-21(25)16(3)23(30(4,28)29)18-11-8-12-19(14-18)24(26)27/h5-12,14-16,20H,13H2,1-4H3,(H,22,25)/t16-,20-/m0/s1. The van der Waals surface area contributed by atoms with Crippen molar-refractivity contribution in [3.8, 4) is 0 Å². The van der Waals surface area contributed by atoms with Crippen LogP contribution in [0.4, 0.5) is 11.4 Å². The molecule has 2 aromatic rings. The molecular weight excluding hydrogens is 406 g/mol. The molecule has 30 heavy (non-hydrogen) atoms. The number of nitro groups is 1. The van der Waals surface area contributed by atoms with Crippen LogP contribution in [0.25, 0.3) is 0 Å². The summed E-state index contributed by atoms with van der Waals surface area (Å²) in [4.78, 5) is 23.5. The quantitative estimate of drug-likeness (QED) is 0.479. The Balaban J connectivity index is 2.35. The summed E-state index contributed by atoms with van der Waals surface area (Å²) in [6, 6.07) is 13.3. The molecule has 0 heterocycles. The Morgan fingerprint density at radius 1 is 1.10 bits per heavy atom. The Morgan fingerprint density at radius 3 is 2.27 bits per heavy atom. The average Bonchev–Trinajstić information content (AvgIpc) is 2.67. The summed E-state index contributed by atoms with van der Waals surface area (Å²) in [5.74, 6) is -0.185. The van der Waals surface area contributed by atoms with Crippen LogP contribution in [0.2, 0.25) is 0 Å². The average molecular weight is 434 g/mol. The van der Waals surface area contributed by atoms with Crippen LogP contribution in [0.15, 0.2) is 54.6 Å². The van der Waals surface area contributed by atoms with Crippen molar-refractivity contribution in [1.82, 2.24) is 5.32 Å². The molecule has 0 aromatic heterocycles. The second-order valence-electron chi connectivity index (χ2n) is 7.61. The van der Waals surface area contributed by atoms with Crippen molar-refractivity contribution in [3.63, 3.8) is 0 Å². The molecule has 0 bridgehead atoms. The predicted molar refractivity (Wildman–Crippen MR) is 117 cm³/mol. The third-order valence-electron chi connectivity index (χ3n) is 4.61. The molecule has 0 radical (unpaired) electrons. The molecule has 0 aliphatic heterocycles. The molecule has 162 valence electrons. The summed E-state index contributed by atoms with van der Waals surface area (Å²) in [6.07, 6.45) is 1.65. The van der Waals surface area contributed by atoms with Crippen molar-refractivity contribution >= 4 is 27.3 Å². The van der Waals surface area contributed by atoms with Gasteiger partial charge < -0.3 is 5.32 Å². The number of amides is 1. The van der Waals surface area contributed by atoms with E-state index in [1.807, 2.05) is 44.2 Å². The lowest BCUT2D eigenvalue weighted by atomic mass is 9.96. The zero-order valence-corrected chi connectivity index (χ0v) is 18.3. The first kappa shape index (κ1) is 23.3. The van der Waals surface area contributed by atoms with Gasteiger partial charge >= 0.3 is 0 Å². The van der Waals surface area contributed by atoms with E-state index in [1.165, 1.54) is 25.1 Å². The molecular formula is C21H27N3O5S. The number of nitrogens with zero attached hydrogens (tertiary/aromatic N) is 2. The number of rotatable bonds is 9. The number of sulfonamides is 1.